The minimum atomic E-state index is -5.76. The highest BCUT2D eigenvalue weighted by molar-refractivity contribution is 6.04. The number of pyridine rings is 1. The van der Waals surface area contributed by atoms with Crippen LogP contribution in [-0.2, 0) is 17.7 Å². The van der Waals surface area contributed by atoms with E-state index in [0.717, 1.165) is 13.2 Å². The standard InChI is InChI=1S/C17H12F5N3O2/c1-25-8-23-7-14(25)13-6-11(15(26)27-2)10-4-3-9(5-12(10)24-13)16(18,19)17(20,21)22/h3-8H,1-2H3. The Balaban J connectivity index is 2.29. The SMILES string of the molecule is COC(=O)c1cc(-c2cncn2C)nc2cc(C(F)(F)C(F)(F)F)ccc12. The molecule has 0 aliphatic carbocycles. The quantitative estimate of drug-likeness (QED) is 0.504. The van der Waals surface area contributed by atoms with Gasteiger partial charge in [-0.05, 0) is 12.1 Å². The number of hydrogen-bond acceptors (Lipinski definition) is 4. The number of rotatable bonds is 3. The fourth-order valence-electron chi connectivity index (χ4n) is 2.60. The minimum Gasteiger partial charge on any atom is -0.465 e. The third kappa shape index (κ3) is 3.11. The lowest BCUT2D eigenvalue weighted by molar-refractivity contribution is -0.289. The summed E-state index contributed by atoms with van der Waals surface area (Å²) in [5, 5.41) is 0.0921. The van der Waals surface area contributed by atoms with Gasteiger partial charge in [-0.15, -0.1) is 0 Å². The summed E-state index contributed by atoms with van der Waals surface area (Å²) in [6.07, 6.45) is -2.89. The van der Waals surface area contributed by atoms with Crippen LogP contribution in [0, 0.1) is 0 Å². The first-order valence-corrected chi connectivity index (χ1v) is 7.51. The predicted molar refractivity (Wildman–Crippen MR) is 85.2 cm³/mol. The normalized spacial score (nSPS) is 12.4. The number of nitrogens with zero attached hydrogens (tertiary/aromatic N) is 3. The molecule has 0 fully saturated rings. The van der Waals surface area contributed by atoms with E-state index < -0.39 is 23.6 Å². The van der Waals surface area contributed by atoms with E-state index in [9.17, 15) is 26.7 Å². The number of carbonyl (C=O) groups is 1. The third-order valence-electron chi connectivity index (χ3n) is 4.01. The van der Waals surface area contributed by atoms with Gasteiger partial charge in [0.1, 0.15) is 0 Å². The first-order chi connectivity index (χ1) is 12.6. The van der Waals surface area contributed by atoms with E-state index in [0.29, 0.717) is 17.8 Å². The predicted octanol–water partition coefficient (Wildman–Crippen LogP) is 4.08. The Morgan fingerprint density at radius 3 is 2.41 bits per heavy atom. The molecule has 0 atom stereocenters. The van der Waals surface area contributed by atoms with Crippen LogP contribution in [-0.4, -0.2) is 33.8 Å². The average molecular weight is 385 g/mol. The molecule has 0 N–H and O–H groups in total. The van der Waals surface area contributed by atoms with E-state index >= 15 is 0 Å². The molecule has 0 saturated heterocycles. The molecule has 0 unspecified atom stereocenters. The number of halogens is 5. The molecule has 27 heavy (non-hydrogen) atoms. The van der Waals surface area contributed by atoms with Crippen LogP contribution in [0.25, 0.3) is 22.3 Å². The number of methoxy groups -OCH3 is 1. The van der Waals surface area contributed by atoms with E-state index in [1.807, 2.05) is 0 Å². The number of aryl methyl sites for hydroxylation is 1. The molecule has 0 amide bonds. The summed E-state index contributed by atoms with van der Waals surface area (Å²) in [7, 11) is 2.77. The van der Waals surface area contributed by atoms with Crippen molar-refractivity contribution in [1.29, 1.82) is 0 Å². The highest BCUT2D eigenvalue weighted by atomic mass is 19.4. The van der Waals surface area contributed by atoms with Gasteiger partial charge in [-0.3, -0.25) is 0 Å². The highest BCUT2D eigenvalue weighted by Crippen LogP contribution is 2.44. The van der Waals surface area contributed by atoms with Crippen LogP contribution < -0.4 is 0 Å². The molecular formula is C17H12F5N3O2. The lowest BCUT2D eigenvalue weighted by Crippen LogP contribution is -2.33. The number of aromatic nitrogens is 3. The van der Waals surface area contributed by atoms with Crippen LogP contribution in [0.1, 0.15) is 15.9 Å². The van der Waals surface area contributed by atoms with Crippen molar-refractivity contribution in [2.75, 3.05) is 7.11 Å². The molecule has 0 radical (unpaired) electrons. The molecule has 0 aliphatic rings. The minimum absolute atomic E-state index is 0.0134. The fourth-order valence-corrected chi connectivity index (χ4v) is 2.60. The first-order valence-electron chi connectivity index (χ1n) is 7.51. The summed E-state index contributed by atoms with van der Waals surface area (Å²) in [6, 6.07) is 3.60. The second-order valence-electron chi connectivity index (χ2n) is 5.74. The number of ether oxygens (including phenoxy) is 1. The van der Waals surface area contributed by atoms with Crippen molar-refractivity contribution in [2.45, 2.75) is 12.1 Å². The molecule has 2 heterocycles. The van der Waals surface area contributed by atoms with Gasteiger partial charge in [0.25, 0.3) is 0 Å². The number of carbonyl (C=O) groups excluding carboxylic acids is 1. The molecule has 142 valence electrons. The molecule has 3 rings (SSSR count). The lowest BCUT2D eigenvalue weighted by atomic mass is 10.0. The molecule has 1 aromatic carbocycles. The van der Waals surface area contributed by atoms with Crippen molar-refractivity contribution in [1.82, 2.24) is 14.5 Å². The Kier molecular flexibility index (Phi) is 4.37. The molecule has 0 bridgehead atoms. The van der Waals surface area contributed by atoms with Gasteiger partial charge in [0, 0.05) is 18.0 Å². The van der Waals surface area contributed by atoms with Gasteiger partial charge in [-0.2, -0.15) is 22.0 Å². The second-order valence-corrected chi connectivity index (χ2v) is 5.74. The Bertz CT molecular complexity index is 1030. The van der Waals surface area contributed by atoms with Crippen molar-refractivity contribution in [2.24, 2.45) is 7.05 Å². The van der Waals surface area contributed by atoms with Crippen molar-refractivity contribution in [3.8, 4) is 11.4 Å². The van der Waals surface area contributed by atoms with Crippen LogP contribution in [0.15, 0.2) is 36.8 Å². The first kappa shape index (κ1) is 18.7. The Hall–Kier alpha value is -3.04. The molecule has 10 heteroatoms. The number of hydrogen-bond donors (Lipinski definition) is 0. The Morgan fingerprint density at radius 2 is 1.85 bits per heavy atom. The van der Waals surface area contributed by atoms with E-state index in [-0.39, 0.29) is 22.2 Å². The largest absolute Gasteiger partial charge is 0.465 e. The van der Waals surface area contributed by atoms with Crippen molar-refractivity contribution < 1.29 is 31.5 Å². The fraction of sp³-hybridized carbons (Fsp3) is 0.235. The second kappa shape index (κ2) is 6.29. The summed E-state index contributed by atoms with van der Waals surface area (Å²) in [5.41, 5.74) is -0.866. The van der Waals surface area contributed by atoms with Crippen molar-refractivity contribution in [3.63, 3.8) is 0 Å². The van der Waals surface area contributed by atoms with Gasteiger partial charge in [-0.1, -0.05) is 12.1 Å². The van der Waals surface area contributed by atoms with Gasteiger partial charge >= 0.3 is 18.1 Å². The van der Waals surface area contributed by atoms with Gasteiger partial charge in [0.15, 0.2) is 0 Å². The van der Waals surface area contributed by atoms with E-state index in [1.165, 1.54) is 18.6 Å². The van der Waals surface area contributed by atoms with E-state index in [1.54, 1.807) is 11.6 Å². The maximum atomic E-state index is 13.7. The van der Waals surface area contributed by atoms with E-state index in [2.05, 4.69) is 14.7 Å². The van der Waals surface area contributed by atoms with Gasteiger partial charge in [0.05, 0.1) is 42.1 Å². The van der Waals surface area contributed by atoms with Crippen LogP contribution in [0.2, 0.25) is 0 Å². The maximum absolute atomic E-state index is 13.7. The molecule has 5 nitrogen and oxygen atoms in total. The maximum Gasteiger partial charge on any atom is 0.458 e. The lowest BCUT2D eigenvalue weighted by Gasteiger charge is -2.20. The van der Waals surface area contributed by atoms with Gasteiger partial charge in [0.2, 0.25) is 0 Å². The topological polar surface area (TPSA) is 57.0 Å². The van der Waals surface area contributed by atoms with Gasteiger partial charge < -0.3 is 9.30 Å². The number of benzene rings is 1. The number of imidazole rings is 1. The molecule has 3 aromatic rings. The Morgan fingerprint density at radius 1 is 1.15 bits per heavy atom. The van der Waals surface area contributed by atoms with Gasteiger partial charge in [-0.25, -0.2) is 14.8 Å². The summed E-state index contributed by atoms with van der Waals surface area (Å²) < 4.78 is 71.7. The third-order valence-corrected chi connectivity index (χ3v) is 4.01. The van der Waals surface area contributed by atoms with Crippen LogP contribution in [0.3, 0.4) is 0 Å². The van der Waals surface area contributed by atoms with Crippen LogP contribution in [0.5, 0.6) is 0 Å². The van der Waals surface area contributed by atoms with Crippen molar-refractivity contribution in [3.05, 3.63) is 47.9 Å². The monoisotopic (exact) mass is 385 g/mol. The average Bonchev–Trinajstić information content (AvgIpc) is 3.04. The Labute approximate surface area is 149 Å². The summed E-state index contributed by atoms with van der Waals surface area (Å²) in [5.74, 6) is -5.84. The molecule has 0 aliphatic heterocycles. The van der Waals surface area contributed by atoms with Crippen LogP contribution >= 0.6 is 0 Å². The molecular weight excluding hydrogens is 373 g/mol. The number of alkyl halides is 5. The smallest absolute Gasteiger partial charge is 0.458 e. The summed E-state index contributed by atoms with van der Waals surface area (Å²) in [6.45, 7) is 0. The van der Waals surface area contributed by atoms with Crippen LogP contribution in [0.4, 0.5) is 22.0 Å². The van der Waals surface area contributed by atoms with E-state index in [4.69, 9.17) is 0 Å². The zero-order valence-electron chi connectivity index (χ0n) is 14.0. The molecule has 0 spiro atoms. The number of esters is 1. The number of fused-ring (bicyclic) bond motifs is 1. The van der Waals surface area contributed by atoms with Crippen molar-refractivity contribution >= 4 is 16.9 Å². The molecule has 0 saturated carbocycles. The zero-order chi connectivity index (χ0) is 20.0. The summed E-state index contributed by atoms with van der Waals surface area (Å²) in [4.78, 5) is 20.1. The summed E-state index contributed by atoms with van der Waals surface area (Å²) >= 11 is 0. The molecule has 2 aromatic heterocycles. The highest BCUT2D eigenvalue weighted by Gasteiger charge is 2.58. The zero-order valence-corrected chi connectivity index (χ0v) is 14.0.